The molecule has 2 rings (SSSR count). The van der Waals surface area contributed by atoms with Crippen LogP contribution in [0.3, 0.4) is 0 Å². The fourth-order valence-electron chi connectivity index (χ4n) is 2.32. The Bertz CT molecular complexity index is 684. The van der Waals surface area contributed by atoms with Gasteiger partial charge in [0.25, 0.3) is 0 Å². The molecule has 0 bridgehead atoms. The second-order valence-electron chi connectivity index (χ2n) is 4.57. The van der Waals surface area contributed by atoms with Crippen LogP contribution in [0.4, 0.5) is 0 Å². The Labute approximate surface area is 129 Å². The highest BCUT2D eigenvalue weighted by Crippen LogP contribution is 2.42. The van der Waals surface area contributed by atoms with Crippen molar-refractivity contribution in [1.29, 1.82) is 0 Å². The molecule has 0 radical (unpaired) electrons. The van der Waals surface area contributed by atoms with Crippen LogP contribution in [0, 0.1) is 0 Å². The smallest absolute Gasteiger partial charge is 0.372 e. The van der Waals surface area contributed by atoms with Crippen LogP contribution in [0.1, 0.15) is 6.92 Å². The number of hydrogen-bond acceptors (Lipinski definition) is 5. The van der Waals surface area contributed by atoms with Gasteiger partial charge in [0.2, 0.25) is 12.3 Å². The monoisotopic (exact) mass is 306 g/mol. The van der Waals surface area contributed by atoms with E-state index in [1.807, 2.05) is 18.3 Å². The number of fused-ring (bicyclic) bond motifs is 1. The van der Waals surface area contributed by atoms with Gasteiger partial charge < -0.3 is 18.9 Å². The third kappa shape index (κ3) is 3.05. The van der Waals surface area contributed by atoms with E-state index in [9.17, 15) is 4.79 Å². The molecule has 22 heavy (non-hydrogen) atoms. The lowest BCUT2D eigenvalue weighted by molar-refractivity contribution is -0.684. The zero-order valence-corrected chi connectivity index (χ0v) is 13.2. The van der Waals surface area contributed by atoms with E-state index in [0.717, 1.165) is 10.8 Å². The maximum atomic E-state index is 11.6. The van der Waals surface area contributed by atoms with Gasteiger partial charge >= 0.3 is 5.97 Å². The molecule has 0 aliphatic heterocycles. The van der Waals surface area contributed by atoms with E-state index in [1.54, 1.807) is 39.0 Å². The van der Waals surface area contributed by atoms with Gasteiger partial charge in [0.1, 0.15) is 0 Å². The van der Waals surface area contributed by atoms with Gasteiger partial charge in [-0.15, -0.1) is 0 Å². The summed E-state index contributed by atoms with van der Waals surface area (Å²) in [7, 11) is 4.71. The van der Waals surface area contributed by atoms with Gasteiger partial charge in [0, 0.05) is 11.5 Å². The van der Waals surface area contributed by atoms with Gasteiger partial charge in [-0.25, -0.2) is 4.79 Å². The summed E-state index contributed by atoms with van der Waals surface area (Å²) >= 11 is 0. The average molecular weight is 306 g/mol. The largest absolute Gasteiger partial charge is 0.493 e. The van der Waals surface area contributed by atoms with Crippen LogP contribution >= 0.6 is 0 Å². The molecule has 2 aromatic rings. The quantitative estimate of drug-likeness (QED) is 0.601. The molecular weight excluding hydrogens is 286 g/mol. The number of esters is 1. The van der Waals surface area contributed by atoms with Crippen molar-refractivity contribution in [3.63, 3.8) is 0 Å². The lowest BCUT2D eigenvalue weighted by Crippen LogP contribution is -2.37. The maximum absolute atomic E-state index is 11.6. The number of methoxy groups -OCH3 is 3. The number of carbonyl (C=O) groups is 1. The molecule has 0 amide bonds. The molecule has 0 N–H and O–H groups in total. The summed E-state index contributed by atoms with van der Waals surface area (Å²) in [6, 6.07) is 3.72. The van der Waals surface area contributed by atoms with E-state index in [0.29, 0.717) is 23.9 Å². The summed E-state index contributed by atoms with van der Waals surface area (Å²) in [5.74, 6) is 1.43. The van der Waals surface area contributed by atoms with E-state index in [2.05, 4.69) is 0 Å². The summed E-state index contributed by atoms with van der Waals surface area (Å²) in [6.45, 7) is 2.30. The van der Waals surface area contributed by atoms with Crippen molar-refractivity contribution in [3.05, 3.63) is 24.5 Å². The van der Waals surface area contributed by atoms with E-state index >= 15 is 0 Å². The van der Waals surface area contributed by atoms with Crippen molar-refractivity contribution in [1.82, 2.24) is 0 Å². The number of rotatable bonds is 6. The third-order valence-electron chi connectivity index (χ3n) is 3.25. The van der Waals surface area contributed by atoms with E-state index in [4.69, 9.17) is 18.9 Å². The fourth-order valence-corrected chi connectivity index (χ4v) is 2.32. The Morgan fingerprint density at radius 2 is 1.86 bits per heavy atom. The number of carbonyl (C=O) groups excluding carboxylic acids is 1. The van der Waals surface area contributed by atoms with Crippen molar-refractivity contribution in [3.8, 4) is 17.2 Å². The number of nitrogens with zero attached hydrogens (tertiary/aromatic N) is 1. The van der Waals surface area contributed by atoms with E-state index in [-0.39, 0.29) is 12.5 Å². The first-order chi connectivity index (χ1) is 10.6. The Morgan fingerprint density at radius 3 is 2.45 bits per heavy atom. The Morgan fingerprint density at radius 1 is 1.14 bits per heavy atom. The SMILES string of the molecule is CCOC(=O)C[n+]1ccc2c(OC)c(OC)c(OC)cc2c1. The molecule has 1 heterocycles. The van der Waals surface area contributed by atoms with Crippen molar-refractivity contribution in [2.75, 3.05) is 27.9 Å². The Balaban J connectivity index is 2.50. The molecule has 118 valence electrons. The predicted molar refractivity (Wildman–Crippen MR) is 80.4 cm³/mol. The predicted octanol–water partition coefficient (Wildman–Crippen LogP) is 1.72. The van der Waals surface area contributed by atoms with Crippen LogP contribution in [0.15, 0.2) is 24.5 Å². The second-order valence-corrected chi connectivity index (χ2v) is 4.57. The number of hydrogen-bond donors (Lipinski definition) is 0. The zero-order valence-electron chi connectivity index (χ0n) is 13.2. The fraction of sp³-hybridized carbons (Fsp3) is 0.375. The first-order valence-electron chi connectivity index (χ1n) is 6.92. The second kappa shape index (κ2) is 6.98. The van der Waals surface area contributed by atoms with Crippen molar-refractivity contribution in [2.45, 2.75) is 13.5 Å². The number of benzene rings is 1. The third-order valence-corrected chi connectivity index (χ3v) is 3.25. The Hall–Kier alpha value is -2.50. The number of aromatic nitrogens is 1. The lowest BCUT2D eigenvalue weighted by Gasteiger charge is -2.14. The summed E-state index contributed by atoms with van der Waals surface area (Å²) in [5, 5.41) is 1.75. The van der Waals surface area contributed by atoms with E-state index < -0.39 is 0 Å². The molecule has 0 atom stereocenters. The van der Waals surface area contributed by atoms with Crippen LogP contribution in [-0.2, 0) is 16.1 Å². The molecule has 1 aromatic carbocycles. The summed E-state index contributed by atoms with van der Waals surface area (Å²) < 4.78 is 22.9. The molecule has 0 saturated carbocycles. The zero-order chi connectivity index (χ0) is 16.1. The number of pyridine rings is 1. The minimum Gasteiger partial charge on any atom is -0.493 e. The highest BCUT2D eigenvalue weighted by atomic mass is 16.5. The summed E-state index contributed by atoms with van der Waals surface area (Å²) in [4.78, 5) is 11.6. The van der Waals surface area contributed by atoms with Crippen molar-refractivity contribution in [2.24, 2.45) is 0 Å². The molecule has 0 fully saturated rings. The van der Waals surface area contributed by atoms with Crippen LogP contribution in [0.2, 0.25) is 0 Å². The van der Waals surface area contributed by atoms with Crippen molar-refractivity contribution >= 4 is 16.7 Å². The maximum Gasteiger partial charge on any atom is 0.372 e. The summed E-state index contributed by atoms with van der Waals surface area (Å²) in [6.07, 6.45) is 3.64. The van der Waals surface area contributed by atoms with Gasteiger partial charge in [-0.1, -0.05) is 0 Å². The van der Waals surface area contributed by atoms with Gasteiger partial charge in [0.15, 0.2) is 23.9 Å². The van der Waals surface area contributed by atoms with Gasteiger partial charge in [-0.05, 0) is 13.0 Å². The van der Waals surface area contributed by atoms with Crippen LogP contribution in [-0.4, -0.2) is 33.9 Å². The van der Waals surface area contributed by atoms with Crippen molar-refractivity contribution < 1.29 is 28.3 Å². The molecule has 0 aliphatic rings. The minimum absolute atomic E-state index is 0.153. The topological polar surface area (TPSA) is 57.9 Å². The molecule has 0 unspecified atom stereocenters. The normalized spacial score (nSPS) is 10.4. The standard InChI is InChI=1S/C16H20NO5/c1-5-22-14(18)10-17-7-6-12-11(9-17)8-13(19-2)16(21-4)15(12)20-3/h6-9H,5,10H2,1-4H3/q+1. The molecule has 6 nitrogen and oxygen atoms in total. The highest BCUT2D eigenvalue weighted by molar-refractivity contribution is 5.92. The minimum atomic E-state index is -0.278. The molecular formula is C16H20NO5+. The first kappa shape index (κ1) is 15.9. The highest BCUT2D eigenvalue weighted by Gasteiger charge is 2.19. The van der Waals surface area contributed by atoms with E-state index in [1.165, 1.54) is 0 Å². The molecule has 0 aliphatic carbocycles. The molecule has 0 saturated heterocycles. The van der Waals surface area contributed by atoms with Crippen LogP contribution in [0.5, 0.6) is 17.2 Å². The summed E-state index contributed by atoms with van der Waals surface area (Å²) in [5.41, 5.74) is 0. The molecule has 0 spiro atoms. The van der Waals surface area contributed by atoms with Crippen LogP contribution in [0.25, 0.3) is 10.8 Å². The Kier molecular flexibility index (Phi) is 5.04. The first-order valence-corrected chi connectivity index (χ1v) is 6.92. The van der Waals surface area contributed by atoms with Gasteiger partial charge in [-0.3, -0.25) is 0 Å². The van der Waals surface area contributed by atoms with Crippen LogP contribution < -0.4 is 18.8 Å². The van der Waals surface area contributed by atoms with Gasteiger partial charge in [-0.2, -0.15) is 4.57 Å². The lowest BCUT2D eigenvalue weighted by atomic mass is 10.1. The average Bonchev–Trinajstić information content (AvgIpc) is 2.52. The molecule has 6 heteroatoms. The van der Waals surface area contributed by atoms with Gasteiger partial charge in [0.05, 0.1) is 33.3 Å². The number of ether oxygens (including phenoxy) is 4. The molecule has 1 aromatic heterocycles.